The summed E-state index contributed by atoms with van der Waals surface area (Å²) >= 11 is 1.30. The molecule has 1 unspecified atom stereocenters. The fourth-order valence-corrected chi connectivity index (χ4v) is 7.76. The predicted octanol–water partition coefficient (Wildman–Crippen LogP) is 3.44. The SMILES string of the molecule is CCN1CCc2c(sc(NC(=O)c3ccc(S(=O)(=O)N4CCCCC4C)cc3)c2C(=O)NC(=O)OC)C1. The number of nitrogens with zero attached hydrogens (tertiary/aromatic N) is 2. The molecule has 0 spiro atoms. The van der Waals surface area contributed by atoms with Crippen LogP contribution < -0.4 is 10.6 Å². The van der Waals surface area contributed by atoms with Crippen LogP contribution in [0.5, 0.6) is 0 Å². The van der Waals surface area contributed by atoms with E-state index in [1.54, 1.807) is 0 Å². The van der Waals surface area contributed by atoms with Gasteiger partial charge in [0.1, 0.15) is 5.00 Å². The molecule has 12 heteroatoms. The van der Waals surface area contributed by atoms with E-state index in [1.165, 1.54) is 47.0 Å². The Hall–Kier alpha value is -2.80. The molecule has 0 bridgehead atoms. The topological polar surface area (TPSA) is 125 Å². The fourth-order valence-electron chi connectivity index (χ4n) is 4.78. The Kier molecular flexibility index (Phi) is 8.32. The van der Waals surface area contributed by atoms with Gasteiger partial charge in [-0.05, 0) is 62.6 Å². The number of alkyl carbamates (subject to hydrolysis) is 1. The minimum atomic E-state index is -3.65. The molecule has 1 fully saturated rings. The average molecular weight is 549 g/mol. The van der Waals surface area contributed by atoms with Crippen LogP contribution in [0.25, 0.3) is 0 Å². The lowest BCUT2D eigenvalue weighted by molar-refractivity contribution is 0.0936. The van der Waals surface area contributed by atoms with Crippen molar-refractivity contribution in [1.29, 1.82) is 0 Å². The van der Waals surface area contributed by atoms with Gasteiger partial charge in [-0.2, -0.15) is 4.31 Å². The molecule has 1 atom stereocenters. The van der Waals surface area contributed by atoms with Crippen molar-refractivity contribution in [2.45, 2.75) is 57.0 Å². The number of carbonyl (C=O) groups excluding carboxylic acids is 3. The second-order valence-electron chi connectivity index (χ2n) is 9.21. The Morgan fingerprint density at radius 1 is 1.11 bits per heavy atom. The van der Waals surface area contributed by atoms with Gasteiger partial charge in [-0.25, -0.2) is 13.2 Å². The molecule has 3 amide bonds. The number of rotatable bonds is 6. The number of imide groups is 1. The third kappa shape index (κ3) is 5.71. The molecule has 0 saturated carbocycles. The smallest absolute Gasteiger partial charge is 0.413 e. The lowest BCUT2D eigenvalue weighted by Gasteiger charge is -2.32. The summed E-state index contributed by atoms with van der Waals surface area (Å²) in [6.45, 7) is 6.72. The zero-order chi connectivity index (χ0) is 26.7. The fraction of sp³-hybridized carbons (Fsp3) is 0.480. The second kappa shape index (κ2) is 11.3. The Morgan fingerprint density at radius 3 is 2.49 bits per heavy atom. The largest absolute Gasteiger partial charge is 0.453 e. The second-order valence-corrected chi connectivity index (χ2v) is 12.2. The number of likely N-dealkylation sites (N-methyl/N-ethyl adjacent to an activating group) is 1. The number of benzene rings is 1. The van der Waals surface area contributed by atoms with E-state index in [0.717, 1.165) is 42.8 Å². The van der Waals surface area contributed by atoms with Gasteiger partial charge >= 0.3 is 6.09 Å². The monoisotopic (exact) mass is 548 g/mol. The van der Waals surface area contributed by atoms with E-state index in [2.05, 4.69) is 27.2 Å². The molecule has 37 heavy (non-hydrogen) atoms. The molecule has 0 aliphatic carbocycles. The first-order valence-corrected chi connectivity index (χ1v) is 14.6. The summed E-state index contributed by atoms with van der Waals surface area (Å²) in [5.74, 6) is -1.12. The average Bonchev–Trinajstić information content (AvgIpc) is 3.25. The number of ether oxygens (including phenoxy) is 1. The van der Waals surface area contributed by atoms with E-state index in [1.807, 2.05) is 6.92 Å². The van der Waals surface area contributed by atoms with Gasteiger partial charge in [-0.1, -0.05) is 13.3 Å². The van der Waals surface area contributed by atoms with Gasteiger partial charge in [-0.15, -0.1) is 11.3 Å². The predicted molar refractivity (Wildman–Crippen MR) is 140 cm³/mol. The van der Waals surface area contributed by atoms with Crippen LogP contribution in [0.1, 0.15) is 64.3 Å². The molecule has 2 aliphatic rings. The molecule has 10 nitrogen and oxygen atoms in total. The van der Waals surface area contributed by atoms with Crippen molar-refractivity contribution < 1.29 is 27.5 Å². The van der Waals surface area contributed by atoms with Crippen LogP contribution >= 0.6 is 11.3 Å². The van der Waals surface area contributed by atoms with E-state index < -0.39 is 27.9 Å². The molecular weight excluding hydrogens is 516 g/mol. The third-order valence-corrected chi connectivity index (χ3v) is 10.1. The van der Waals surface area contributed by atoms with Gasteiger partial charge in [-0.3, -0.25) is 19.8 Å². The highest BCUT2D eigenvalue weighted by Gasteiger charge is 2.32. The Bertz CT molecular complexity index is 1290. The van der Waals surface area contributed by atoms with E-state index in [-0.39, 0.29) is 22.1 Å². The number of anilines is 1. The standard InChI is InChI=1S/C25H32N4O6S2/c1-4-28-14-12-19-20(15-28)36-24(21(19)23(31)27-25(32)35-3)26-22(30)17-8-10-18(11-9-17)37(33,34)29-13-6-5-7-16(29)2/h8-11,16H,4-7,12-15H2,1-3H3,(H,26,30)(H,27,31,32). The van der Waals surface area contributed by atoms with Gasteiger partial charge in [0, 0.05) is 36.1 Å². The Morgan fingerprint density at radius 2 is 1.84 bits per heavy atom. The summed E-state index contributed by atoms with van der Waals surface area (Å²) in [6, 6.07) is 5.75. The Labute approximate surface area is 221 Å². The van der Waals surface area contributed by atoms with Gasteiger partial charge in [0.25, 0.3) is 11.8 Å². The summed E-state index contributed by atoms with van der Waals surface area (Å²) in [5.41, 5.74) is 1.32. The van der Waals surface area contributed by atoms with Crippen LogP contribution in [-0.2, 0) is 27.7 Å². The summed E-state index contributed by atoms with van der Waals surface area (Å²) in [4.78, 5) is 41.1. The van der Waals surface area contributed by atoms with Gasteiger partial charge < -0.3 is 10.1 Å². The van der Waals surface area contributed by atoms with Gasteiger partial charge in [0.2, 0.25) is 10.0 Å². The lowest BCUT2D eigenvalue weighted by Crippen LogP contribution is -2.41. The van der Waals surface area contributed by atoms with Crippen LogP contribution in [-0.4, -0.2) is 68.3 Å². The van der Waals surface area contributed by atoms with Crippen LogP contribution in [0.4, 0.5) is 9.80 Å². The summed E-state index contributed by atoms with van der Waals surface area (Å²) in [7, 11) is -2.48. The first-order chi connectivity index (χ1) is 17.6. The first-order valence-electron chi connectivity index (χ1n) is 12.3. The summed E-state index contributed by atoms with van der Waals surface area (Å²) in [6.07, 6.45) is 2.40. The lowest BCUT2D eigenvalue weighted by atomic mass is 10.0. The molecule has 2 aromatic rings. The molecule has 1 aromatic carbocycles. The molecule has 4 rings (SSSR count). The summed E-state index contributed by atoms with van der Waals surface area (Å²) < 4.78 is 32.3. The van der Waals surface area contributed by atoms with Crippen molar-refractivity contribution >= 4 is 44.3 Å². The van der Waals surface area contributed by atoms with E-state index >= 15 is 0 Å². The minimum Gasteiger partial charge on any atom is -0.453 e. The zero-order valence-corrected chi connectivity index (χ0v) is 22.8. The molecule has 2 aliphatic heterocycles. The highest BCUT2D eigenvalue weighted by molar-refractivity contribution is 7.89. The maximum absolute atomic E-state index is 13.1. The number of amides is 3. The van der Waals surface area contributed by atoms with Crippen molar-refractivity contribution in [2.75, 3.05) is 32.1 Å². The van der Waals surface area contributed by atoms with Crippen molar-refractivity contribution in [2.24, 2.45) is 0 Å². The number of hydrogen-bond acceptors (Lipinski definition) is 8. The van der Waals surface area contributed by atoms with Crippen LogP contribution in [0.2, 0.25) is 0 Å². The number of piperidine rings is 1. The molecule has 1 aromatic heterocycles. The maximum atomic E-state index is 13.1. The number of sulfonamides is 1. The number of thiophene rings is 1. The Balaban J connectivity index is 1.57. The van der Waals surface area contributed by atoms with Crippen molar-refractivity contribution in [3.8, 4) is 0 Å². The van der Waals surface area contributed by atoms with Crippen LogP contribution in [0.15, 0.2) is 29.2 Å². The number of nitrogens with one attached hydrogen (secondary N) is 2. The molecule has 3 heterocycles. The van der Waals surface area contributed by atoms with E-state index in [9.17, 15) is 22.8 Å². The van der Waals surface area contributed by atoms with E-state index in [4.69, 9.17) is 0 Å². The van der Waals surface area contributed by atoms with Crippen molar-refractivity contribution in [3.63, 3.8) is 0 Å². The molecule has 1 saturated heterocycles. The molecule has 0 radical (unpaired) electrons. The van der Waals surface area contributed by atoms with E-state index in [0.29, 0.717) is 24.5 Å². The van der Waals surface area contributed by atoms with Crippen LogP contribution in [0, 0.1) is 0 Å². The maximum Gasteiger partial charge on any atom is 0.413 e. The molecule has 2 N–H and O–H groups in total. The summed E-state index contributed by atoms with van der Waals surface area (Å²) in [5, 5.41) is 5.34. The number of hydrogen-bond donors (Lipinski definition) is 2. The number of carbonyl (C=O) groups is 3. The van der Waals surface area contributed by atoms with Crippen LogP contribution in [0.3, 0.4) is 0 Å². The number of methoxy groups -OCH3 is 1. The first kappa shape index (κ1) is 27.2. The third-order valence-electron chi connectivity index (χ3n) is 6.90. The van der Waals surface area contributed by atoms with Gasteiger partial charge in [0.15, 0.2) is 0 Å². The highest BCUT2D eigenvalue weighted by Crippen LogP contribution is 2.37. The zero-order valence-electron chi connectivity index (χ0n) is 21.2. The molecule has 200 valence electrons. The quantitative estimate of drug-likeness (QED) is 0.567. The van der Waals surface area contributed by atoms with Gasteiger partial charge in [0.05, 0.1) is 17.6 Å². The van der Waals surface area contributed by atoms with Crippen molar-refractivity contribution in [3.05, 3.63) is 45.8 Å². The minimum absolute atomic E-state index is 0.0650. The normalized spacial score (nSPS) is 18.6. The highest BCUT2D eigenvalue weighted by atomic mass is 32.2. The van der Waals surface area contributed by atoms with Crippen molar-refractivity contribution in [1.82, 2.24) is 14.5 Å². The molecular formula is C25H32N4O6S2. The number of fused-ring (bicyclic) bond motifs is 1.